The van der Waals surface area contributed by atoms with Gasteiger partial charge >= 0.3 is 0 Å². The molecule has 0 spiro atoms. The summed E-state index contributed by atoms with van der Waals surface area (Å²) in [6, 6.07) is 14.5. The van der Waals surface area contributed by atoms with Crippen molar-refractivity contribution >= 4 is 0 Å². The molecule has 0 aliphatic heterocycles. The van der Waals surface area contributed by atoms with Crippen LogP contribution in [0, 0.1) is 13.8 Å². The summed E-state index contributed by atoms with van der Waals surface area (Å²) in [5.41, 5.74) is 11.3. The van der Waals surface area contributed by atoms with E-state index in [1.165, 1.54) is 22.3 Å². The number of aryl methyl sites for hydroxylation is 2. The third kappa shape index (κ3) is 3.36. The first-order valence-corrected chi connectivity index (χ1v) is 6.56. The van der Waals surface area contributed by atoms with Crippen molar-refractivity contribution in [2.24, 2.45) is 5.73 Å². The van der Waals surface area contributed by atoms with E-state index in [1.54, 1.807) is 7.11 Å². The molecule has 1 unspecified atom stereocenters. The van der Waals surface area contributed by atoms with Crippen LogP contribution in [0.25, 0.3) is 0 Å². The molecular formula is C17H21NO. The second kappa shape index (κ2) is 5.89. The Morgan fingerprint density at radius 1 is 1.11 bits per heavy atom. The molecule has 0 heterocycles. The van der Waals surface area contributed by atoms with Crippen molar-refractivity contribution in [2.75, 3.05) is 7.11 Å². The first-order chi connectivity index (χ1) is 9.10. The zero-order valence-electron chi connectivity index (χ0n) is 11.8. The Bertz CT molecular complexity index is 563. The lowest BCUT2D eigenvalue weighted by molar-refractivity contribution is 0.414. The third-order valence-corrected chi connectivity index (χ3v) is 3.41. The van der Waals surface area contributed by atoms with Crippen molar-refractivity contribution in [3.05, 3.63) is 64.7 Å². The van der Waals surface area contributed by atoms with Gasteiger partial charge in [-0.3, -0.25) is 0 Å². The third-order valence-electron chi connectivity index (χ3n) is 3.41. The zero-order chi connectivity index (χ0) is 13.8. The molecule has 0 saturated heterocycles. The van der Waals surface area contributed by atoms with Gasteiger partial charge in [0.1, 0.15) is 5.75 Å². The molecular weight excluding hydrogens is 234 g/mol. The summed E-state index contributed by atoms with van der Waals surface area (Å²) < 4.78 is 5.24. The second-order valence-electron chi connectivity index (χ2n) is 5.02. The maximum atomic E-state index is 6.33. The first kappa shape index (κ1) is 13.6. The normalized spacial score (nSPS) is 12.2. The van der Waals surface area contributed by atoms with Gasteiger partial charge < -0.3 is 10.5 Å². The lowest BCUT2D eigenvalue weighted by atomic mass is 9.95. The zero-order valence-corrected chi connectivity index (χ0v) is 11.8. The highest BCUT2D eigenvalue weighted by Crippen LogP contribution is 2.22. The van der Waals surface area contributed by atoms with Gasteiger partial charge in [-0.25, -0.2) is 0 Å². The van der Waals surface area contributed by atoms with Gasteiger partial charge in [0.15, 0.2) is 0 Å². The van der Waals surface area contributed by atoms with Crippen LogP contribution in [0.5, 0.6) is 5.75 Å². The van der Waals surface area contributed by atoms with Gasteiger partial charge in [-0.1, -0.05) is 35.9 Å². The van der Waals surface area contributed by atoms with Crippen LogP contribution in [0.2, 0.25) is 0 Å². The number of methoxy groups -OCH3 is 1. The quantitative estimate of drug-likeness (QED) is 0.906. The van der Waals surface area contributed by atoms with Gasteiger partial charge in [0.2, 0.25) is 0 Å². The minimum Gasteiger partial charge on any atom is -0.497 e. The average molecular weight is 255 g/mol. The maximum absolute atomic E-state index is 6.33. The molecule has 2 aromatic rings. The molecule has 2 aromatic carbocycles. The van der Waals surface area contributed by atoms with Crippen molar-refractivity contribution < 1.29 is 4.74 Å². The average Bonchev–Trinajstić information content (AvgIpc) is 2.38. The van der Waals surface area contributed by atoms with E-state index in [2.05, 4.69) is 38.1 Å². The minimum absolute atomic E-state index is 0.0210. The van der Waals surface area contributed by atoms with Crippen LogP contribution in [0.15, 0.2) is 42.5 Å². The Morgan fingerprint density at radius 2 is 1.89 bits per heavy atom. The fourth-order valence-corrected chi connectivity index (χ4v) is 2.40. The summed E-state index contributed by atoms with van der Waals surface area (Å²) in [7, 11) is 1.68. The molecule has 0 aliphatic rings. The summed E-state index contributed by atoms with van der Waals surface area (Å²) in [6.07, 6.45) is 0.821. The molecule has 100 valence electrons. The maximum Gasteiger partial charge on any atom is 0.119 e. The molecule has 0 radical (unpaired) electrons. The van der Waals surface area contributed by atoms with Gasteiger partial charge in [-0.2, -0.15) is 0 Å². The van der Waals surface area contributed by atoms with Crippen LogP contribution in [0.3, 0.4) is 0 Å². The first-order valence-electron chi connectivity index (χ1n) is 6.56. The topological polar surface area (TPSA) is 35.2 Å². The van der Waals surface area contributed by atoms with E-state index >= 15 is 0 Å². The molecule has 2 N–H and O–H groups in total. The number of rotatable bonds is 4. The summed E-state index contributed by atoms with van der Waals surface area (Å²) >= 11 is 0. The van der Waals surface area contributed by atoms with Gasteiger partial charge in [0.25, 0.3) is 0 Å². The predicted octanol–water partition coefficient (Wildman–Crippen LogP) is 3.55. The molecule has 2 nitrogen and oxygen atoms in total. The Hall–Kier alpha value is -1.80. The Labute approximate surface area is 115 Å². The van der Waals surface area contributed by atoms with Crippen LogP contribution in [-0.4, -0.2) is 7.11 Å². The highest BCUT2D eigenvalue weighted by molar-refractivity contribution is 5.35. The largest absolute Gasteiger partial charge is 0.497 e. The second-order valence-corrected chi connectivity index (χ2v) is 5.02. The van der Waals surface area contributed by atoms with Gasteiger partial charge in [0, 0.05) is 6.04 Å². The van der Waals surface area contributed by atoms with Crippen molar-refractivity contribution in [1.82, 2.24) is 0 Å². The SMILES string of the molecule is COc1cccc(CC(N)c2ccc(C)cc2C)c1. The lowest BCUT2D eigenvalue weighted by Crippen LogP contribution is -2.14. The van der Waals surface area contributed by atoms with Gasteiger partial charge in [0.05, 0.1) is 7.11 Å². The Kier molecular flexibility index (Phi) is 4.23. The van der Waals surface area contributed by atoms with E-state index in [4.69, 9.17) is 10.5 Å². The van der Waals surface area contributed by atoms with Crippen LogP contribution < -0.4 is 10.5 Å². The number of nitrogens with two attached hydrogens (primary N) is 1. The number of hydrogen-bond donors (Lipinski definition) is 1. The Morgan fingerprint density at radius 3 is 2.58 bits per heavy atom. The highest BCUT2D eigenvalue weighted by Gasteiger charge is 2.10. The van der Waals surface area contributed by atoms with Crippen molar-refractivity contribution in [2.45, 2.75) is 26.3 Å². The summed E-state index contributed by atoms with van der Waals surface area (Å²) in [5, 5.41) is 0. The molecule has 0 aliphatic carbocycles. The molecule has 0 amide bonds. The number of benzene rings is 2. The van der Waals surface area contributed by atoms with Crippen molar-refractivity contribution in [3.63, 3.8) is 0 Å². The molecule has 0 aromatic heterocycles. The number of hydrogen-bond acceptors (Lipinski definition) is 2. The van der Waals surface area contributed by atoms with E-state index in [0.29, 0.717) is 0 Å². The predicted molar refractivity (Wildman–Crippen MR) is 79.5 cm³/mol. The summed E-state index contributed by atoms with van der Waals surface area (Å²) in [4.78, 5) is 0. The molecule has 0 saturated carbocycles. The smallest absolute Gasteiger partial charge is 0.119 e. The van der Waals surface area contributed by atoms with Crippen molar-refractivity contribution in [3.8, 4) is 5.75 Å². The Balaban J connectivity index is 2.17. The van der Waals surface area contributed by atoms with E-state index in [1.807, 2.05) is 18.2 Å². The van der Waals surface area contributed by atoms with Gasteiger partial charge in [-0.15, -0.1) is 0 Å². The lowest BCUT2D eigenvalue weighted by Gasteiger charge is -2.16. The van der Waals surface area contributed by atoms with E-state index in [-0.39, 0.29) is 6.04 Å². The fourth-order valence-electron chi connectivity index (χ4n) is 2.40. The fraction of sp³-hybridized carbons (Fsp3) is 0.294. The molecule has 2 rings (SSSR count). The monoisotopic (exact) mass is 255 g/mol. The molecule has 0 bridgehead atoms. The van der Waals surface area contributed by atoms with E-state index in [0.717, 1.165) is 12.2 Å². The molecule has 1 atom stereocenters. The molecule has 2 heteroatoms. The summed E-state index contributed by atoms with van der Waals surface area (Å²) in [6.45, 7) is 4.22. The summed E-state index contributed by atoms with van der Waals surface area (Å²) in [5.74, 6) is 0.880. The van der Waals surface area contributed by atoms with Gasteiger partial charge in [-0.05, 0) is 49.1 Å². The molecule has 19 heavy (non-hydrogen) atoms. The van der Waals surface area contributed by atoms with E-state index < -0.39 is 0 Å². The van der Waals surface area contributed by atoms with Crippen molar-refractivity contribution in [1.29, 1.82) is 0 Å². The van der Waals surface area contributed by atoms with Crippen LogP contribution >= 0.6 is 0 Å². The van der Waals surface area contributed by atoms with Crippen LogP contribution in [0.1, 0.15) is 28.3 Å². The van der Waals surface area contributed by atoms with Crippen LogP contribution in [-0.2, 0) is 6.42 Å². The molecule has 0 fully saturated rings. The highest BCUT2D eigenvalue weighted by atomic mass is 16.5. The van der Waals surface area contributed by atoms with E-state index in [9.17, 15) is 0 Å². The minimum atomic E-state index is 0.0210. The standard InChI is InChI=1S/C17H21NO/c1-12-7-8-16(13(2)9-12)17(18)11-14-5-4-6-15(10-14)19-3/h4-10,17H,11,18H2,1-3H3. The number of ether oxygens (including phenoxy) is 1. The van der Waals surface area contributed by atoms with Crippen LogP contribution in [0.4, 0.5) is 0 Å².